The van der Waals surface area contributed by atoms with Crippen molar-refractivity contribution < 1.29 is 9.53 Å². The number of amides is 1. The molecule has 2 aromatic heterocycles. The van der Waals surface area contributed by atoms with Gasteiger partial charge < -0.3 is 10.1 Å². The number of benzene rings is 2. The number of carbonyl (C=O) groups is 1. The molecule has 0 atom stereocenters. The largest absolute Gasteiger partial charge is 0.495 e. The maximum absolute atomic E-state index is 13.6. The van der Waals surface area contributed by atoms with Crippen molar-refractivity contribution in [2.24, 2.45) is 0 Å². The third-order valence-corrected chi connectivity index (χ3v) is 6.45. The highest BCUT2D eigenvalue weighted by Crippen LogP contribution is 2.28. The molecule has 4 rings (SSSR count). The second kappa shape index (κ2) is 9.78. The lowest BCUT2D eigenvalue weighted by Crippen LogP contribution is -2.27. The number of fused-ring (bicyclic) bond motifs is 1. The Hall–Kier alpha value is -3.87. The van der Waals surface area contributed by atoms with Crippen LogP contribution in [0.4, 0.5) is 5.69 Å². The first kappa shape index (κ1) is 24.3. The second-order valence-corrected chi connectivity index (χ2v) is 8.94. The summed E-state index contributed by atoms with van der Waals surface area (Å²) in [5, 5.41) is 8.67. The minimum Gasteiger partial charge on any atom is -0.495 e. The lowest BCUT2D eigenvalue weighted by molar-refractivity contribution is -0.116. The van der Waals surface area contributed by atoms with E-state index in [4.69, 9.17) is 9.84 Å². The van der Waals surface area contributed by atoms with Crippen molar-refractivity contribution in [1.29, 1.82) is 0 Å². The van der Waals surface area contributed by atoms with Gasteiger partial charge in [-0.25, -0.2) is 4.68 Å². The van der Waals surface area contributed by atoms with Gasteiger partial charge in [0.25, 0.3) is 5.56 Å². The van der Waals surface area contributed by atoms with E-state index in [1.807, 2.05) is 81.8 Å². The average molecular weight is 473 g/mol. The van der Waals surface area contributed by atoms with Crippen LogP contribution < -0.4 is 15.6 Å². The molecule has 0 saturated carbocycles. The van der Waals surface area contributed by atoms with Gasteiger partial charge in [-0.2, -0.15) is 5.10 Å². The number of hydrogen-bond acceptors (Lipinski definition) is 4. The van der Waals surface area contributed by atoms with Gasteiger partial charge in [-0.15, -0.1) is 0 Å². The van der Waals surface area contributed by atoms with Crippen LogP contribution in [-0.4, -0.2) is 27.4 Å². The molecule has 7 heteroatoms. The van der Waals surface area contributed by atoms with Crippen LogP contribution in [0.15, 0.2) is 47.3 Å². The number of carbonyl (C=O) groups excluding carboxylic acids is 1. The fourth-order valence-electron chi connectivity index (χ4n) is 4.60. The van der Waals surface area contributed by atoms with E-state index in [9.17, 15) is 9.59 Å². The van der Waals surface area contributed by atoms with Crippen LogP contribution in [-0.2, 0) is 17.8 Å². The van der Waals surface area contributed by atoms with Crippen molar-refractivity contribution in [3.63, 3.8) is 0 Å². The van der Waals surface area contributed by atoms with E-state index in [1.165, 1.54) is 0 Å². The summed E-state index contributed by atoms with van der Waals surface area (Å²) in [5.74, 6) is 0.442. The highest BCUT2D eigenvalue weighted by Gasteiger charge is 2.21. The van der Waals surface area contributed by atoms with Crippen LogP contribution in [0, 0.1) is 27.7 Å². The highest BCUT2D eigenvalue weighted by molar-refractivity contribution is 5.92. The Labute approximate surface area is 205 Å². The van der Waals surface area contributed by atoms with Gasteiger partial charge in [0.05, 0.1) is 24.2 Å². The van der Waals surface area contributed by atoms with E-state index in [-0.39, 0.29) is 17.9 Å². The Morgan fingerprint density at radius 1 is 1.03 bits per heavy atom. The predicted octanol–water partition coefficient (Wildman–Crippen LogP) is 5.02. The Kier molecular flexibility index (Phi) is 6.78. The molecule has 0 fully saturated rings. The molecule has 0 radical (unpaired) electrons. The van der Waals surface area contributed by atoms with Crippen molar-refractivity contribution in [2.75, 3.05) is 12.4 Å². The van der Waals surface area contributed by atoms with Crippen molar-refractivity contribution in [1.82, 2.24) is 14.3 Å². The smallest absolute Gasteiger partial charge is 0.255 e. The molecule has 1 N–H and O–H groups in total. The van der Waals surface area contributed by atoms with Crippen LogP contribution in [0.1, 0.15) is 41.3 Å². The van der Waals surface area contributed by atoms with E-state index in [2.05, 4.69) is 5.32 Å². The van der Waals surface area contributed by atoms with E-state index in [1.54, 1.807) is 11.7 Å². The van der Waals surface area contributed by atoms with Crippen LogP contribution >= 0.6 is 0 Å². The summed E-state index contributed by atoms with van der Waals surface area (Å²) in [4.78, 5) is 26.4. The Morgan fingerprint density at radius 2 is 1.71 bits per heavy atom. The van der Waals surface area contributed by atoms with Crippen LogP contribution in [0.2, 0.25) is 0 Å². The minimum atomic E-state index is -0.164. The molecule has 4 aromatic rings. The number of hydrogen-bond donors (Lipinski definition) is 1. The molecule has 1 amide bonds. The van der Waals surface area contributed by atoms with Crippen LogP contribution in [0.3, 0.4) is 0 Å². The zero-order valence-electron chi connectivity index (χ0n) is 21.2. The number of aryl methyl sites for hydroxylation is 5. The topological polar surface area (TPSA) is 78.2 Å². The zero-order valence-corrected chi connectivity index (χ0v) is 21.2. The molecule has 0 saturated heterocycles. The van der Waals surface area contributed by atoms with Gasteiger partial charge in [-0.1, -0.05) is 23.8 Å². The maximum atomic E-state index is 13.6. The van der Waals surface area contributed by atoms with Gasteiger partial charge in [0.1, 0.15) is 11.4 Å². The zero-order chi connectivity index (χ0) is 25.3. The maximum Gasteiger partial charge on any atom is 0.255 e. The predicted molar refractivity (Wildman–Crippen MR) is 140 cm³/mol. The number of rotatable bonds is 7. The molecule has 0 unspecified atom stereocenters. The molecule has 2 aromatic carbocycles. The molecule has 35 heavy (non-hydrogen) atoms. The van der Waals surface area contributed by atoms with E-state index < -0.39 is 0 Å². The lowest BCUT2D eigenvalue weighted by atomic mass is 10.0. The summed E-state index contributed by atoms with van der Waals surface area (Å²) in [5.41, 5.74) is 6.82. The lowest BCUT2D eigenvalue weighted by Gasteiger charge is -2.15. The quantitative estimate of drug-likeness (QED) is 0.410. The van der Waals surface area contributed by atoms with Crippen molar-refractivity contribution in [3.05, 3.63) is 80.8 Å². The molecule has 0 spiro atoms. The van der Waals surface area contributed by atoms with Crippen LogP contribution in [0.5, 0.6) is 5.75 Å². The first-order valence-corrected chi connectivity index (χ1v) is 11.9. The normalized spacial score (nSPS) is 11.1. The van der Waals surface area contributed by atoms with Gasteiger partial charge in [0.15, 0.2) is 0 Å². The molecule has 0 aliphatic heterocycles. The van der Waals surface area contributed by atoms with E-state index >= 15 is 0 Å². The third kappa shape index (κ3) is 4.58. The minimum absolute atomic E-state index is 0.0771. The summed E-state index contributed by atoms with van der Waals surface area (Å²) in [6, 6.07) is 13.7. The van der Waals surface area contributed by atoms with Gasteiger partial charge in [0.2, 0.25) is 5.91 Å². The van der Waals surface area contributed by atoms with Gasteiger partial charge in [-0.3, -0.25) is 14.2 Å². The van der Waals surface area contributed by atoms with Crippen LogP contribution in [0.25, 0.3) is 16.7 Å². The number of nitrogens with zero attached hydrogens (tertiary/aromatic N) is 3. The van der Waals surface area contributed by atoms with Crippen molar-refractivity contribution >= 4 is 22.6 Å². The molecule has 0 aliphatic rings. The Morgan fingerprint density at radius 3 is 2.37 bits per heavy atom. The Bertz CT molecular complexity index is 1460. The summed E-state index contributed by atoms with van der Waals surface area (Å²) in [7, 11) is 1.57. The first-order chi connectivity index (χ1) is 16.7. The van der Waals surface area contributed by atoms with E-state index in [0.717, 1.165) is 39.1 Å². The number of pyridine rings is 1. The molecule has 2 heterocycles. The fraction of sp³-hybridized carbons (Fsp3) is 0.321. The SMILES string of the molecule is CCn1c(=O)c(CCC(=O)Nc2cc(C)ccc2OC)c(C)c2c(C)nn(-c3ccc(C)cc3)c21. The summed E-state index contributed by atoms with van der Waals surface area (Å²) in [6.07, 6.45) is 0.531. The van der Waals surface area contributed by atoms with Crippen molar-refractivity contribution in [3.8, 4) is 11.4 Å². The van der Waals surface area contributed by atoms with Crippen molar-refractivity contribution in [2.45, 2.75) is 54.0 Å². The van der Waals surface area contributed by atoms with Gasteiger partial charge in [-0.05, 0) is 76.4 Å². The molecule has 7 nitrogen and oxygen atoms in total. The molecular weight excluding hydrogens is 440 g/mol. The molecule has 0 bridgehead atoms. The number of ether oxygens (including phenoxy) is 1. The second-order valence-electron chi connectivity index (χ2n) is 8.94. The summed E-state index contributed by atoms with van der Waals surface area (Å²) < 4.78 is 8.97. The average Bonchev–Trinajstić information content (AvgIpc) is 3.17. The van der Waals surface area contributed by atoms with Gasteiger partial charge in [0, 0.05) is 23.9 Å². The Balaban J connectivity index is 1.70. The number of anilines is 1. The molecule has 0 aliphatic carbocycles. The van der Waals surface area contributed by atoms with E-state index in [0.29, 0.717) is 30.0 Å². The number of nitrogens with one attached hydrogen (secondary N) is 1. The monoisotopic (exact) mass is 472 g/mol. The third-order valence-electron chi connectivity index (χ3n) is 6.45. The first-order valence-electron chi connectivity index (χ1n) is 11.9. The molecular formula is C28H32N4O3. The number of aromatic nitrogens is 3. The summed E-state index contributed by atoms with van der Waals surface area (Å²) in [6.45, 7) is 10.4. The standard InChI is InChI=1S/C28H32N4O3/c1-7-31-27-26(20(5)30-32(27)21-11-8-17(2)9-12-21)19(4)22(28(31)34)13-15-25(33)29-23-16-18(3)10-14-24(23)35-6/h8-12,14,16H,7,13,15H2,1-6H3,(H,29,33). The highest BCUT2D eigenvalue weighted by atomic mass is 16.5. The fourth-order valence-corrected chi connectivity index (χ4v) is 4.60. The molecule has 182 valence electrons. The number of methoxy groups -OCH3 is 1. The summed E-state index contributed by atoms with van der Waals surface area (Å²) >= 11 is 0. The van der Waals surface area contributed by atoms with Gasteiger partial charge >= 0.3 is 0 Å².